The first-order valence-corrected chi connectivity index (χ1v) is 10.1. The molecule has 3 aromatic heterocycles. The molecule has 6 heteroatoms. The quantitative estimate of drug-likeness (QED) is 0.361. The molecule has 1 aliphatic heterocycles. The number of nitrogens with zero attached hydrogens (tertiary/aromatic N) is 5. The van der Waals surface area contributed by atoms with E-state index in [0.717, 1.165) is 49.7 Å². The van der Waals surface area contributed by atoms with Gasteiger partial charge in [-0.15, -0.1) is 0 Å². The van der Waals surface area contributed by atoms with Gasteiger partial charge in [0.05, 0.1) is 18.8 Å². The van der Waals surface area contributed by atoms with Crippen LogP contribution < -0.4 is 4.48 Å². The zero-order valence-corrected chi connectivity index (χ0v) is 17.6. The maximum absolute atomic E-state index is 4.65. The largest absolute Gasteiger partial charge is 0.265 e. The van der Waals surface area contributed by atoms with E-state index >= 15 is 0 Å². The Balaban J connectivity index is 1.65. The van der Waals surface area contributed by atoms with Crippen LogP contribution in [0.5, 0.6) is 0 Å². The van der Waals surface area contributed by atoms with Crippen LogP contribution in [0, 0.1) is 0 Å². The van der Waals surface area contributed by atoms with Gasteiger partial charge >= 0.3 is 0 Å². The van der Waals surface area contributed by atoms with Crippen molar-refractivity contribution in [2.24, 2.45) is 4.99 Å². The Hall–Kier alpha value is -3.35. The number of hydrogen-bond acceptors (Lipinski definition) is 5. The average molecular weight is 411 g/mol. The van der Waals surface area contributed by atoms with Gasteiger partial charge < -0.3 is 0 Å². The SMILES string of the molecule is CC1=NC=C(S)[N+]1(C)c1cncc(-c2ccc3nccc(-c4ccncc4)c3c2)c1. The van der Waals surface area contributed by atoms with E-state index in [2.05, 4.69) is 63.9 Å². The minimum atomic E-state index is 0.432. The second-order valence-corrected chi connectivity index (χ2v) is 7.89. The van der Waals surface area contributed by atoms with Gasteiger partial charge in [-0.1, -0.05) is 18.7 Å². The number of quaternary nitrogens is 1. The van der Waals surface area contributed by atoms with E-state index in [1.165, 1.54) is 0 Å². The summed E-state index contributed by atoms with van der Waals surface area (Å²) in [6.07, 6.45) is 11.0. The minimum absolute atomic E-state index is 0.432. The first kappa shape index (κ1) is 18.7. The van der Waals surface area contributed by atoms with Crippen LogP contribution in [0.1, 0.15) is 6.92 Å². The zero-order valence-electron chi connectivity index (χ0n) is 16.7. The van der Waals surface area contributed by atoms with E-state index in [4.69, 9.17) is 0 Å². The lowest BCUT2D eigenvalue weighted by molar-refractivity contribution is 0.647. The van der Waals surface area contributed by atoms with Gasteiger partial charge in [0.2, 0.25) is 5.84 Å². The van der Waals surface area contributed by atoms with E-state index in [0.29, 0.717) is 4.48 Å². The molecule has 1 unspecified atom stereocenters. The zero-order chi connectivity index (χ0) is 20.7. The van der Waals surface area contributed by atoms with Crippen LogP contribution in [0.4, 0.5) is 5.69 Å². The van der Waals surface area contributed by atoms with Gasteiger partial charge in [0, 0.05) is 48.7 Å². The summed E-state index contributed by atoms with van der Waals surface area (Å²) in [5.41, 5.74) is 6.36. The van der Waals surface area contributed by atoms with Crippen molar-refractivity contribution < 1.29 is 0 Å². The maximum Gasteiger partial charge on any atom is 0.210 e. The van der Waals surface area contributed by atoms with E-state index in [-0.39, 0.29) is 0 Å². The second kappa shape index (κ2) is 7.16. The van der Waals surface area contributed by atoms with E-state index in [1.54, 1.807) is 6.20 Å². The smallest absolute Gasteiger partial charge is 0.210 e. The fraction of sp³-hybridized carbons (Fsp3) is 0.0833. The third kappa shape index (κ3) is 2.93. The summed E-state index contributed by atoms with van der Waals surface area (Å²) in [6, 6.07) is 14.6. The van der Waals surface area contributed by atoms with Crippen molar-refractivity contribution in [1.29, 1.82) is 0 Å². The van der Waals surface area contributed by atoms with Crippen molar-refractivity contribution >= 4 is 35.1 Å². The molecular weight excluding hydrogens is 390 g/mol. The van der Waals surface area contributed by atoms with Crippen molar-refractivity contribution in [3.63, 3.8) is 0 Å². The molecule has 5 nitrogen and oxygen atoms in total. The number of benzene rings is 1. The molecule has 0 spiro atoms. The molecule has 1 aliphatic rings. The molecule has 0 radical (unpaired) electrons. The molecule has 4 heterocycles. The molecule has 0 fully saturated rings. The van der Waals surface area contributed by atoms with Gasteiger partial charge in [-0.05, 0) is 47.0 Å². The van der Waals surface area contributed by atoms with E-state index in [1.807, 2.05) is 56.1 Å². The van der Waals surface area contributed by atoms with E-state index < -0.39 is 0 Å². The Bertz CT molecular complexity index is 1310. The lowest BCUT2D eigenvalue weighted by Gasteiger charge is -2.28. The number of hydrogen-bond donors (Lipinski definition) is 1. The summed E-state index contributed by atoms with van der Waals surface area (Å²) in [5, 5.41) is 1.97. The summed E-state index contributed by atoms with van der Waals surface area (Å²) in [6.45, 7) is 2.01. The number of pyridine rings is 3. The molecule has 146 valence electrons. The summed E-state index contributed by atoms with van der Waals surface area (Å²) < 4.78 is 0.432. The van der Waals surface area contributed by atoms with Gasteiger partial charge in [0.15, 0.2) is 10.7 Å². The Labute approximate surface area is 180 Å². The van der Waals surface area contributed by atoms with Gasteiger partial charge in [-0.2, -0.15) is 0 Å². The Morgan fingerprint density at radius 2 is 1.67 bits per heavy atom. The highest BCUT2D eigenvalue weighted by Gasteiger charge is 2.37. The predicted octanol–water partition coefficient (Wildman–Crippen LogP) is 5.46. The molecule has 0 bridgehead atoms. The summed E-state index contributed by atoms with van der Waals surface area (Å²) in [4.78, 5) is 17.7. The topological polar surface area (TPSA) is 51.0 Å². The molecule has 0 saturated heterocycles. The average Bonchev–Trinajstić information content (AvgIpc) is 3.07. The van der Waals surface area contributed by atoms with Gasteiger partial charge in [-0.25, -0.2) is 9.48 Å². The summed E-state index contributed by atoms with van der Waals surface area (Å²) in [7, 11) is 2.08. The highest BCUT2D eigenvalue weighted by molar-refractivity contribution is 7.84. The fourth-order valence-corrected chi connectivity index (χ4v) is 4.12. The highest BCUT2D eigenvalue weighted by Crippen LogP contribution is 2.36. The molecule has 0 amide bonds. The molecular formula is C24H20N5S+. The number of amidine groups is 1. The Morgan fingerprint density at radius 3 is 2.43 bits per heavy atom. The van der Waals surface area contributed by atoms with Crippen LogP contribution in [0.2, 0.25) is 0 Å². The third-order valence-electron chi connectivity index (χ3n) is 5.78. The molecule has 30 heavy (non-hydrogen) atoms. The summed E-state index contributed by atoms with van der Waals surface area (Å²) >= 11 is 4.65. The summed E-state index contributed by atoms with van der Waals surface area (Å²) in [5.74, 6) is 0.960. The molecule has 0 saturated carbocycles. The van der Waals surface area contributed by atoms with Gasteiger partial charge in [0.1, 0.15) is 6.20 Å². The normalized spacial score (nSPS) is 18.4. The predicted molar refractivity (Wildman–Crippen MR) is 126 cm³/mol. The van der Waals surface area contributed by atoms with Crippen LogP contribution in [0.3, 0.4) is 0 Å². The standard InChI is InChI=1S/C24H19N5S/c1-16-28-15-24(30)29(16,2)20-11-19(13-26-14-20)18-3-4-23-22(12-18)21(7-10-27-23)17-5-8-25-9-6-17/h3-15H,1-2H3/p+1. The monoisotopic (exact) mass is 410 g/mol. The lowest BCUT2D eigenvalue weighted by atomic mass is 9.98. The second-order valence-electron chi connectivity index (χ2n) is 7.43. The minimum Gasteiger partial charge on any atom is -0.265 e. The Kier molecular flexibility index (Phi) is 4.46. The number of aliphatic imine (C=N–C) groups is 1. The van der Waals surface area contributed by atoms with Crippen molar-refractivity contribution in [3.05, 3.63) is 84.7 Å². The molecule has 5 rings (SSSR count). The number of aromatic nitrogens is 3. The fourth-order valence-electron chi connectivity index (χ4n) is 3.81. The van der Waals surface area contributed by atoms with Crippen LogP contribution in [-0.4, -0.2) is 27.8 Å². The number of rotatable bonds is 3. The maximum atomic E-state index is 4.65. The molecule has 1 atom stereocenters. The van der Waals surface area contributed by atoms with E-state index in [9.17, 15) is 0 Å². The first-order chi connectivity index (χ1) is 14.6. The third-order valence-corrected chi connectivity index (χ3v) is 6.29. The Morgan fingerprint density at radius 1 is 0.833 bits per heavy atom. The molecule has 0 N–H and O–H groups in total. The highest BCUT2D eigenvalue weighted by atomic mass is 32.1. The van der Waals surface area contributed by atoms with Crippen LogP contribution >= 0.6 is 12.6 Å². The van der Waals surface area contributed by atoms with Crippen molar-refractivity contribution in [2.45, 2.75) is 6.92 Å². The number of fused-ring (bicyclic) bond motifs is 1. The molecule has 1 aromatic carbocycles. The molecule has 0 aliphatic carbocycles. The van der Waals surface area contributed by atoms with Crippen molar-refractivity contribution in [3.8, 4) is 22.3 Å². The lowest BCUT2D eigenvalue weighted by Crippen LogP contribution is -2.44. The van der Waals surface area contributed by atoms with Crippen molar-refractivity contribution in [2.75, 3.05) is 7.05 Å². The number of thiol groups is 1. The molecule has 4 aromatic rings. The van der Waals surface area contributed by atoms with Crippen LogP contribution in [0.25, 0.3) is 33.2 Å². The van der Waals surface area contributed by atoms with Gasteiger partial charge in [-0.3, -0.25) is 15.0 Å². The van der Waals surface area contributed by atoms with Crippen molar-refractivity contribution in [1.82, 2.24) is 19.4 Å². The van der Waals surface area contributed by atoms with Crippen LogP contribution in [0.15, 0.2) is 89.7 Å². The van der Waals surface area contributed by atoms with Gasteiger partial charge in [0.25, 0.3) is 0 Å². The van der Waals surface area contributed by atoms with Crippen LogP contribution in [-0.2, 0) is 0 Å². The first-order valence-electron chi connectivity index (χ1n) is 9.64.